The Balaban J connectivity index is 1.47. The number of amides is 2. The van der Waals surface area contributed by atoms with Gasteiger partial charge >= 0.3 is 0 Å². The predicted molar refractivity (Wildman–Crippen MR) is 116 cm³/mol. The van der Waals surface area contributed by atoms with Gasteiger partial charge in [-0.15, -0.1) is 4.98 Å². The standard InChI is InChI=1S/C23H19N5O2/c1-15-7-9-17(27-21(29)10-8-16-5-3-2-4-6-16)11-19(15)23(30)28-18-12-20-22(24-13-18)26-14-25-20/h2-14H,1H3,(H,27,29)(H,28,30)(H,24,25,26)/p+1. The molecule has 0 aliphatic rings. The van der Waals surface area contributed by atoms with Crippen molar-refractivity contribution in [1.82, 2.24) is 9.97 Å². The third-order valence-electron chi connectivity index (χ3n) is 4.56. The highest BCUT2D eigenvalue weighted by Gasteiger charge is 2.13. The number of aromatic nitrogens is 3. The number of rotatable bonds is 5. The molecule has 2 aromatic heterocycles. The van der Waals surface area contributed by atoms with E-state index in [4.69, 9.17) is 0 Å². The Kier molecular flexibility index (Phi) is 5.34. The zero-order valence-electron chi connectivity index (χ0n) is 16.3. The minimum absolute atomic E-state index is 0.272. The number of anilines is 2. The molecule has 30 heavy (non-hydrogen) atoms. The van der Waals surface area contributed by atoms with Crippen LogP contribution in [-0.4, -0.2) is 21.8 Å². The van der Waals surface area contributed by atoms with Crippen molar-refractivity contribution in [3.63, 3.8) is 0 Å². The molecule has 2 amide bonds. The van der Waals surface area contributed by atoms with E-state index in [1.165, 1.54) is 6.08 Å². The van der Waals surface area contributed by atoms with Gasteiger partial charge < -0.3 is 10.6 Å². The van der Waals surface area contributed by atoms with Crippen LogP contribution in [0, 0.1) is 6.92 Å². The SMILES string of the molecule is Cc1ccc(NC(=O)C=Cc2ccccc2)cc1C(=O)Nc1cnc2[nH+]c[nH]c2c1. The van der Waals surface area contributed by atoms with Crippen molar-refractivity contribution in [3.05, 3.63) is 89.9 Å². The second-order valence-corrected chi connectivity index (χ2v) is 6.77. The Bertz CT molecular complexity index is 1240. The van der Waals surface area contributed by atoms with Gasteiger partial charge in [-0.2, -0.15) is 0 Å². The maximum absolute atomic E-state index is 12.8. The summed E-state index contributed by atoms with van der Waals surface area (Å²) in [5.74, 6) is -0.549. The van der Waals surface area contributed by atoms with Crippen molar-refractivity contribution in [3.8, 4) is 0 Å². The van der Waals surface area contributed by atoms with E-state index in [0.29, 0.717) is 22.6 Å². The van der Waals surface area contributed by atoms with Gasteiger partial charge in [-0.25, -0.2) is 4.98 Å². The van der Waals surface area contributed by atoms with Crippen LogP contribution < -0.4 is 15.6 Å². The summed E-state index contributed by atoms with van der Waals surface area (Å²) in [7, 11) is 0. The fraction of sp³-hybridized carbons (Fsp3) is 0.0435. The first-order valence-electron chi connectivity index (χ1n) is 9.39. The highest BCUT2D eigenvalue weighted by atomic mass is 16.2. The van der Waals surface area contributed by atoms with Crippen LogP contribution in [0.4, 0.5) is 11.4 Å². The predicted octanol–water partition coefficient (Wildman–Crippen LogP) is 3.59. The van der Waals surface area contributed by atoms with Gasteiger partial charge in [0.05, 0.1) is 5.69 Å². The van der Waals surface area contributed by atoms with Crippen LogP contribution in [0.5, 0.6) is 0 Å². The number of nitrogens with one attached hydrogen (secondary N) is 4. The molecular weight excluding hydrogens is 378 g/mol. The lowest BCUT2D eigenvalue weighted by molar-refractivity contribution is -0.347. The van der Waals surface area contributed by atoms with Gasteiger partial charge in [0.15, 0.2) is 11.8 Å². The summed E-state index contributed by atoms with van der Waals surface area (Å²) in [5, 5.41) is 5.64. The lowest BCUT2D eigenvalue weighted by atomic mass is 10.1. The molecule has 0 aliphatic heterocycles. The number of hydrogen-bond acceptors (Lipinski definition) is 3. The maximum atomic E-state index is 12.8. The molecule has 2 aromatic carbocycles. The first-order chi connectivity index (χ1) is 14.6. The van der Waals surface area contributed by atoms with Crippen molar-refractivity contribution in [2.24, 2.45) is 0 Å². The molecule has 2 heterocycles. The summed E-state index contributed by atoms with van der Waals surface area (Å²) in [6.45, 7) is 1.84. The maximum Gasteiger partial charge on any atom is 0.299 e. The van der Waals surface area contributed by atoms with E-state index >= 15 is 0 Å². The van der Waals surface area contributed by atoms with Crippen molar-refractivity contribution in [2.75, 3.05) is 10.6 Å². The Labute approximate surface area is 172 Å². The first-order valence-corrected chi connectivity index (χ1v) is 9.39. The fourth-order valence-electron chi connectivity index (χ4n) is 3.00. The third-order valence-corrected chi connectivity index (χ3v) is 4.56. The second kappa shape index (κ2) is 8.40. The van der Waals surface area contributed by atoms with Gasteiger partial charge in [0.25, 0.3) is 11.6 Å². The number of carbonyl (C=O) groups excluding carboxylic acids is 2. The van der Waals surface area contributed by atoms with Crippen LogP contribution >= 0.6 is 0 Å². The van der Waals surface area contributed by atoms with Crippen molar-refractivity contribution < 1.29 is 14.6 Å². The molecular formula is C23H20N5O2+. The molecule has 0 radical (unpaired) electrons. The number of nitrogens with zero attached hydrogens (tertiary/aromatic N) is 1. The van der Waals surface area contributed by atoms with E-state index in [9.17, 15) is 9.59 Å². The Morgan fingerprint density at radius 1 is 1.03 bits per heavy atom. The number of aryl methyl sites for hydroxylation is 1. The Morgan fingerprint density at radius 2 is 1.87 bits per heavy atom. The highest BCUT2D eigenvalue weighted by Crippen LogP contribution is 2.18. The summed E-state index contributed by atoms with van der Waals surface area (Å²) in [6, 6.07) is 16.6. The van der Waals surface area contributed by atoms with Crippen LogP contribution in [-0.2, 0) is 4.79 Å². The number of fused-ring (bicyclic) bond motifs is 1. The van der Waals surface area contributed by atoms with Crippen LogP contribution in [0.15, 0.2) is 73.2 Å². The van der Waals surface area contributed by atoms with Crippen molar-refractivity contribution >= 4 is 40.4 Å². The van der Waals surface area contributed by atoms with Gasteiger partial charge in [0, 0.05) is 23.4 Å². The van der Waals surface area contributed by atoms with E-state index in [1.54, 1.807) is 42.9 Å². The lowest BCUT2D eigenvalue weighted by Crippen LogP contribution is -2.15. The number of imidazole rings is 1. The molecule has 7 nitrogen and oxygen atoms in total. The molecule has 0 bridgehead atoms. The summed E-state index contributed by atoms with van der Waals surface area (Å²) in [5.41, 5.74) is 4.81. The van der Waals surface area contributed by atoms with Crippen LogP contribution in [0.2, 0.25) is 0 Å². The molecule has 0 fully saturated rings. The van der Waals surface area contributed by atoms with E-state index in [2.05, 4.69) is 25.6 Å². The summed E-state index contributed by atoms with van der Waals surface area (Å²) in [6.07, 6.45) is 6.45. The smallest absolute Gasteiger partial charge is 0.299 e. The molecule has 0 atom stereocenters. The van der Waals surface area contributed by atoms with Gasteiger partial charge in [0.2, 0.25) is 5.91 Å². The lowest BCUT2D eigenvalue weighted by Gasteiger charge is -2.10. The molecule has 0 saturated carbocycles. The summed E-state index contributed by atoms with van der Waals surface area (Å²) in [4.78, 5) is 35.2. The molecule has 0 saturated heterocycles. The van der Waals surface area contributed by atoms with Crippen molar-refractivity contribution in [2.45, 2.75) is 6.92 Å². The molecule has 0 aliphatic carbocycles. The molecule has 4 rings (SSSR count). The van der Waals surface area contributed by atoms with Gasteiger partial charge in [-0.3, -0.25) is 14.6 Å². The number of aromatic amines is 2. The van der Waals surface area contributed by atoms with E-state index in [1.807, 2.05) is 37.3 Å². The monoisotopic (exact) mass is 398 g/mol. The highest BCUT2D eigenvalue weighted by molar-refractivity contribution is 6.07. The minimum atomic E-state index is -0.278. The Hall–Kier alpha value is -4.26. The van der Waals surface area contributed by atoms with Gasteiger partial charge in [-0.1, -0.05) is 36.4 Å². The van der Waals surface area contributed by atoms with Crippen LogP contribution in [0.1, 0.15) is 21.5 Å². The average Bonchev–Trinajstić information content (AvgIpc) is 3.22. The van der Waals surface area contributed by atoms with Crippen LogP contribution in [0.3, 0.4) is 0 Å². The first kappa shape index (κ1) is 19.1. The number of carbonyl (C=O) groups is 2. The number of benzene rings is 2. The summed E-state index contributed by atoms with van der Waals surface area (Å²) >= 11 is 0. The third kappa shape index (κ3) is 4.41. The van der Waals surface area contributed by atoms with E-state index in [0.717, 1.165) is 16.6 Å². The minimum Gasteiger partial charge on any atom is -0.322 e. The number of pyridine rings is 1. The van der Waals surface area contributed by atoms with E-state index < -0.39 is 0 Å². The molecule has 0 unspecified atom stereocenters. The quantitative estimate of drug-likeness (QED) is 0.448. The molecule has 7 heteroatoms. The zero-order valence-corrected chi connectivity index (χ0v) is 16.3. The molecule has 4 aromatic rings. The zero-order chi connectivity index (χ0) is 20.9. The van der Waals surface area contributed by atoms with Gasteiger partial charge in [-0.05, 0) is 36.3 Å². The number of H-pyrrole nitrogens is 2. The van der Waals surface area contributed by atoms with Crippen LogP contribution in [0.25, 0.3) is 17.2 Å². The molecule has 4 N–H and O–H groups in total. The van der Waals surface area contributed by atoms with Gasteiger partial charge in [0.1, 0.15) is 6.20 Å². The fourth-order valence-corrected chi connectivity index (χ4v) is 3.00. The van der Waals surface area contributed by atoms with E-state index in [-0.39, 0.29) is 11.8 Å². The Morgan fingerprint density at radius 3 is 2.70 bits per heavy atom. The average molecular weight is 398 g/mol. The normalized spacial score (nSPS) is 11.0. The summed E-state index contributed by atoms with van der Waals surface area (Å²) < 4.78 is 0. The second-order valence-electron chi connectivity index (χ2n) is 6.77. The largest absolute Gasteiger partial charge is 0.322 e. The van der Waals surface area contributed by atoms with Crippen molar-refractivity contribution in [1.29, 1.82) is 0 Å². The number of hydrogen-bond donors (Lipinski definition) is 3. The molecule has 148 valence electrons. The topological polar surface area (TPSA) is 101 Å². The molecule has 0 spiro atoms.